The monoisotopic (exact) mass is 340 g/mol. The summed E-state index contributed by atoms with van der Waals surface area (Å²) < 4.78 is 26.4. The van der Waals surface area contributed by atoms with Crippen molar-refractivity contribution >= 4 is 27.6 Å². The molecule has 1 saturated heterocycles. The van der Waals surface area contributed by atoms with Gasteiger partial charge in [0.15, 0.2) is 0 Å². The second kappa shape index (κ2) is 7.56. The lowest BCUT2D eigenvalue weighted by Crippen LogP contribution is -2.47. The number of nitrogens with one attached hydrogen (secondary N) is 2. The first-order chi connectivity index (χ1) is 10.8. The van der Waals surface area contributed by atoms with Gasteiger partial charge in [-0.15, -0.1) is 0 Å². The van der Waals surface area contributed by atoms with Crippen LogP contribution >= 0.6 is 0 Å². The quantitative estimate of drug-likeness (QED) is 0.433. The second-order valence-electron chi connectivity index (χ2n) is 5.47. The minimum atomic E-state index is -3.38. The van der Waals surface area contributed by atoms with Crippen LogP contribution in [0.4, 0.5) is 5.69 Å². The molecule has 0 spiro atoms. The molecule has 0 saturated carbocycles. The Kier molecular flexibility index (Phi) is 5.73. The Morgan fingerprint density at radius 3 is 2.57 bits per heavy atom. The number of carbonyl (C=O) groups is 2. The maximum atomic E-state index is 11.7. The Bertz CT molecular complexity index is 670. The second-order valence-corrected chi connectivity index (χ2v) is 7.12. The number of anilines is 1. The molecule has 0 aromatic heterocycles. The van der Waals surface area contributed by atoms with E-state index in [-0.39, 0.29) is 18.4 Å². The van der Waals surface area contributed by atoms with Gasteiger partial charge >= 0.3 is 0 Å². The molecule has 1 aliphatic heterocycles. The number of carbonyl (C=O) groups excluding carboxylic acids is 2. The van der Waals surface area contributed by atoms with Crippen molar-refractivity contribution in [1.82, 2.24) is 5.32 Å². The molecule has 1 atom stereocenters. The van der Waals surface area contributed by atoms with Crippen LogP contribution in [0.1, 0.15) is 24.8 Å². The zero-order chi connectivity index (χ0) is 16.9. The Morgan fingerprint density at radius 1 is 1.26 bits per heavy atom. The molecule has 0 aliphatic carbocycles. The first-order valence-corrected chi connectivity index (χ1v) is 9.19. The van der Waals surface area contributed by atoms with E-state index >= 15 is 0 Å². The average molecular weight is 340 g/mol. The number of benzene rings is 1. The van der Waals surface area contributed by atoms with E-state index in [1.54, 1.807) is 0 Å². The van der Waals surface area contributed by atoms with Gasteiger partial charge in [0.05, 0.1) is 12.9 Å². The van der Waals surface area contributed by atoms with Gasteiger partial charge in [-0.3, -0.25) is 19.1 Å². The number of aryl methyl sites for hydroxylation is 1. The minimum absolute atomic E-state index is 0.162. The summed E-state index contributed by atoms with van der Waals surface area (Å²) >= 11 is 0. The van der Waals surface area contributed by atoms with Crippen LogP contribution in [0.3, 0.4) is 0 Å². The standard InChI is InChI=1S/C15H20N2O5S/c1-23(20,21)22-10-2-3-11-4-6-12(7-5-11)16-13-8-9-14(18)17-15(13)19/h4-7,13,16H,2-3,8-10H2,1H3,(H,17,18,19). The summed E-state index contributed by atoms with van der Waals surface area (Å²) in [5, 5.41) is 5.40. The molecule has 2 N–H and O–H groups in total. The summed E-state index contributed by atoms with van der Waals surface area (Å²) in [6, 6.07) is 7.14. The molecule has 1 aromatic rings. The molecule has 1 unspecified atom stereocenters. The van der Waals surface area contributed by atoms with Gasteiger partial charge in [0.1, 0.15) is 6.04 Å². The van der Waals surface area contributed by atoms with Crippen molar-refractivity contribution in [3.63, 3.8) is 0 Å². The summed E-state index contributed by atoms with van der Waals surface area (Å²) in [6.45, 7) is 0.162. The van der Waals surface area contributed by atoms with Gasteiger partial charge in [-0.25, -0.2) is 0 Å². The highest BCUT2D eigenvalue weighted by Crippen LogP contribution is 2.15. The number of amides is 2. The van der Waals surface area contributed by atoms with Crippen molar-refractivity contribution in [2.45, 2.75) is 31.7 Å². The highest BCUT2D eigenvalue weighted by atomic mass is 32.2. The smallest absolute Gasteiger partial charge is 0.264 e. The molecular formula is C15H20N2O5S. The highest BCUT2D eigenvalue weighted by molar-refractivity contribution is 7.85. The molecule has 8 heteroatoms. The van der Waals surface area contributed by atoms with Gasteiger partial charge in [-0.05, 0) is 37.0 Å². The zero-order valence-electron chi connectivity index (χ0n) is 12.9. The molecule has 1 fully saturated rings. The van der Waals surface area contributed by atoms with E-state index in [9.17, 15) is 18.0 Å². The van der Waals surface area contributed by atoms with Crippen LogP contribution in [-0.4, -0.2) is 39.1 Å². The molecule has 2 amide bonds. The fourth-order valence-electron chi connectivity index (χ4n) is 2.29. The summed E-state index contributed by atoms with van der Waals surface area (Å²) in [5.41, 5.74) is 1.85. The minimum Gasteiger partial charge on any atom is -0.374 e. The molecule has 1 heterocycles. The summed E-state index contributed by atoms with van der Waals surface area (Å²) in [5.74, 6) is -0.539. The molecular weight excluding hydrogens is 320 g/mol. The van der Waals surface area contributed by atoms with E-state index in [4.69, 9.17) is 0 Å². The lowest BCUT2D eigenvalue weighted by molar-refractivity contribution is -0.133. The number of rotatable bonds is 7. The van der Waals surface area contributed by atoms with Gasteiger partial charge in [0, 0.05) is 12.1 Å². The zero-order valence-corrected chi connectivity index (χ0v) is 13.7. The topological polar surface area (TPSA) is 102 Å². The van der Waals surface area contributed by atoms with Crippen molar-refractivity contribution in [2.75, 3.05) is 18.2 Å². The van der Waals surface area contributed by atoms with E-state index in [2.05, 4.69) is 14.8 Å². The van der Waals surface area contributed by atoms with Gasteiger partial charge in [-0.2, -0.15) is 8.42 Å². The van der Waals surface area contributed by atoms with E-state index in [0.717, 1.165) is 17.5 Å². The van der Waals surface area contributed by atoms with Crippen molar-refractivity contribution in [3.8, 4) is 0 Å². The summed E-state index contributed by atoms with van der Waals surface area (Å²) in [7, 11) is -3.38. The van der Waals surface area contributed by atoms with Gasteiger partial charge in [-0.1, -0.05) is 12.1 Å². The maximum absolute atomic E-state index is 11.7. The SMILES string of the molecule is CS(=O)(=O)OCCCc1ccc(NC2CCC(=O)NC2=O)cc1. The van der Waals surface area contributed by atoms with Crippen molar-refractivity contribution in [3.05, 3.63) is 29.8 Å². The van der Waals surface area contributed by atoms with Crippen LogP contribution < -0.4 is 10.6 Å². The summed E-state index contributed by atoms with van der Waals surface area (Å²) in [4.78, 5) is 22.8. The molecule has 0 radical (unpaired) electrons. The number of piperidine rings is 1. The lowest BCUT2D eigenvalue weighted by atomic mass is 10.1. The molecule has 23 heavy (non-hydrogen) atoms. The molecule has 0 bridgehead atoms. The Hall–Kier alpha value is -1.93. The number of hydrogen-bond acceptors (Lipinski definition) is 6. The third-order valence-electron chi connectivity index (χ3n) is 3.44. The third-order valence-corrected chi connectivity index (χ3v) is 4.04. The van der Waals surface area contributed by atoms with E-state index in [1.165, 1.54) is 0 Å². The van der Waals surface area contributed by atoms with E-state index in [1.807, 2.05) is 24.3 Å². The predicted octanol–water partition coefficient (Wildman–Crippen LogP) is 0.812. The van der Waals surface area contributed by atoms with Crippen molar-refractivity contribution in [2.24, 2.45) is 0 Å². The van der Waals surface area contributed by atoms with Crippen LogP contribution in [0, 0.1) is 0 Å². The van der Waals surface area contributed by atoms with Crippen molar-refractivity contribution in [1.29, 1.82) is 0 Å². The largest absolute Gasteiger partial charge is 0.374 e. The molecule has 126 valence electrons. The molecule has 2 rings (SSSR count). The fraction of sp³-hybridized carbons (Fsp3) is 0.467. The van der Waals surface area contributed by atoms with Gasteiger partial charge in [0.2, 0.25) is 11.8 Å². The summed E-state index contributed by atoms with van der Waals surface area (Å²) in [6.07, 6.45) is 3.15. The van der Waals surface area contributed by atoms with Gasteiger partial charge in [0.25, 0.3) is 10.1 Å². The lowest BCUT2D eigenvalue weighted by Gasteiger charge is -2.22. The van der Waals surface area contributed by atoms with Crippen molar-refractivity contribution < 1.29 is 22.2 Å². The molecule has 7 nitrogen and oxygen atoms in total. The first kappa shape index (κ1) is 17.4. The molecule has 1 aromatic carbocycles. The normalized spacial score (nSPS) is 18.6. The molecule has 1 aliphatic rings. The first-order valence-electron chi connectivity index (χ1n) is 7.37. The predicted molar refractivity (Wildman–Crippen MR) is 85.4 cm³/mol. The van der Waals surface area contributed by atoms with Crippen LogP contribution in [0.25, 0.3) is 0 Å². The van der Waals surface area contributed by atoms with Crippen LogP contribution in [0.5, 0.6) is 0 Å². The Morgan fingerprint density at radius 2 is 1.96 bits per heavy atom. The Labute approximate surface area is 135 Å². The highest BCUT2D eigenvalue weighted by Gasteiger charge is 2.26. The van der Waals surface area contributed by atoms with E-state index < -0.39 is 16.2 Å². The average Bonchev–Trinajstić information content (AvgIpc) is 2.47. The number of hydrogen-bond donors (Lipinski definition) is 2. The maximum Gasteiger partial charge on any atom is 0.264 e. The van der Waals surface area contributed by atoms with Gasteiger partial charge < -0.3 is 5.32 Å². The Balaban J connectivity index is 1.80. The van der Waals surface area contributed by atoms with Crippen LogP contribution in [-0.2, 0) is 30.3 Å². The van der Waals surface area contributed by atoms with E-state index in [0.29, 0.717) is 25.7 Å². The van der Waals surface area contributed by atoms with Crippen LogP contribution in [0.2, 0.25) is 0 Å². The fourth-order valence-corrected chi connectivity index (χ4v) is 2.71. The third kappa shape index (κ3) is 5.99. The van der Waals surface area contributed by atoms with Crippen LogP contribution in [0.15, 0.2) is 24.3 Å². The number of imide groups is 1.